The number of ether oxygens (including phenoxy) is 1. The minimum atomic E-state index is -2.80. The fourth-order valence-corrected chi connectivity index (χ4v) is 1.74. The van der Waals surface area contributed by atoms with Gasteiger partial charge in [0.1, 0.15) is 11.6 Å². The normalized spacial score (nSPS) is 11.2. The van der Waals surface area contributed by atoms with Crippen LogP contribution in [0.2, 0.25) is 0 Å². The van der Waals surface area contributed by atoms with Crippen molar-refractivity contribution in [2.45, 2.75) is 26.5 Å². The van der Waals surface area contributed by atoms with Gasteiger partial charge in [-0.3, -0.25) is 0 Å². The molecule has 0 amide bonds. The van der Waals surface area contributed by atoms with Crippen LogP contribution < -0.4 is 4.74 Å². The van der Waals surface area contributed by atoms with E-state index in [1.54, 1.807) is 18.3 Å². The number of imidazole rings is 1. The average molecular weight is 252 g/mol. The molecule has 0 fully saturated rings. The molecule has 0 aliphatic heterocycles. The van der Waals surface area contributed by atoms with Crippen LogP contribution in [-0.4, -0.2) is 16.2 Å². The van der Waals surface area contributed by atoms with Crippen molar-refractivity contribution in [1.29, 1.82) is 0 Å². The maximum atomic E-state index is 12.0. The second-order valence-electron chi connectivity index (χ2n) is 4.15. The van der Waals surface area contributed by atoms with Gasteiger partial charge in [-0.25, -0.2) is 4.98 Å². The SMILES string of the molecule is CC(C)n1ccnc1-c1ccc(OC(F)F)cc1. The van der Waals surface area contributed by atoms with Crippen LogP contribution in [0.3, 0.4) is 0 Å². The van der Waals surface area contributed by atoms with E-state index in [1.165, 1.54) is 12.1 Å². The van der Waals surface area contributed by atoms with Crippen molar-refractivity contribution in [3.05, 3.63) is 36.7 Å². The zero-order valence-electron chi connectivity index (χ0n) is 10.2. The largest absolute Gasteiger partial charge is 0.435 e. The number of hydrogen-bond acceptors (Lipinski definition) is 2. The lowest BCUT2D eigenvalue weighted by Gasteiger charge is -2.11. The van der Waals surface area contributed by atoms with Crippen molar-refractivity contribution in [3.63, 3.8) is 0 Å². The van der Waals surface area contributed by atoms with Gasteiger partial charge in [0.05, 0.1) is 0 Å². The number of nitrogens with zero attached hydrogens (tertiary/aromatic N) is 2. The molecule has 0 aliphatic carbocycles. The van der Waals surface area contributed by atoms with Gasteiger partial charge < -0.3 is 9.30 Å². The Balaban J connectivity index is 2.26. The molecule has 0 spiro atoms. The van der Waals surface area contributed by atoms with E-state index in [0.717, 1.165) is 11.4 Å². The third-order valence-corrected chi connectivity index (χ3v) is 2.56. The smallest absolute Gasteiger partial charge is 0.387 e. The fraction of sp³-hybridized carbons (Fsp3) is 0.308. The van der Waals surface area contributed by atoms with Crippen LogP contribution in [0.15, 0.2) is 36.7 Å². The van der Waals surface area contributed by atoms with Gasteiger partial charge in [-0.1, -0.05) is 0 Å². The van der Waals surface area contributed by atoms with Crippen molar-refractivity contribution >= 4 is 0 Å². The summed E-state index contributed by atoms with van der Waals surface area (Å²) < 4.78 is 30.4. The van der Waals surface area contributed by atoms with Crippen LogP contribution in [0.4, 0.5) is 8.78 Å². The van der Waals surface area contributed by atoms with Crippen molar-refractivity contribution in [1.82, 2.24) is 9.55 Å². The molecule has 2 rings (SSSR count). The molecular weight excluding hydrogens is 238 g/mol. The van der Waals surface area contributed by atoms with Crippen molar-refractivity contribution < 1.29 is 13.5 Å². The standard InChI is InChI=1S/C13H14F2N2O/c1-9(2)17-8-7-16-12(17)10-3-5-11(6-4-10)18-13(14)15/h3-9,13H,1-2H3. The molecule has 18 heavy (non-hydrogen) atoms. The summed E-state index contributed by atoms with van der Waals surface area (Å²) in [5, 5.41) is 0. The van der Waals surface area contributed by atoms with Gasteiger partial charge in [0.2, 0.25) is 0 Å². The Kier molecular flexibility index (Phi) is 3.60. The van der Waals surface area contributed by atoms with Gasteiger partial charge in [-0.15, -0.1) is 0 Å². The Hall–Kier alpha value is -1.91. The monoisotopic (exact) mass is 252 g/mol. The molecule has 0 bridgehead atoms. The summed E-state index contributed by atoms with van der Waals surface area (Å²) in [6.45, 7) is 1.31. The minimum Gasteiger partial charge on any atom is -0.435 e. The Morgan fingerprint density at radius 1 is 1.17 bits per heavy atom. The van der Waals surface area contributed by atoms with Gasteiger partial charge in [0, 0.05) is 24.0 Å². The highest BCUT2D eigenvalue weighted by atomic mass is 19.3. The summed E-state index contributed by atoms with van der Waals surface area (Å²) in [6.07, 6.45) is 3.61. The van der Waals surface area contributed by atoms with Crippen LogP contribution >= 0.6 is 0 Å². The van der Waals surface area contributed by atoms with E-state index in [9.17, 15) is 8.78 Å². The first-order valence-electron chi connectivity index (χ1n) is 5.66. The van der Waals surface area contributed by atoms with E-state index in [-0.39, 0.29) is 5.75 Å². The van der Waals surface area contributed by atoms with Crippen LogP contribution in [0.5, 0.6) is 5.75 Å². The van der Waals surface area contributed by atoms with E-state index in [0.29, 0.717) is 6.04 Å². The Labute approximate surface area is 104 Å². The van der Waals surface area contributed by atoms with E-state index in [2.05, 4.69) is 23.6 Å². The Morgan fingerprint density at radius 2 is 1.83 bits per heavy atom. The second kappa shape index (κ2) is 5.16. The third-order valence-electron chi connectivity index (χ3n) is 2.56. The van der Waals surface area contributed by atoms with Crippen LogP contribution in [0.25, 0.3) is 11.4 Å². The topological polar surface area (TPSA) is 27.1 Å². The lowest BCUT2D eigenvalue weighted by atomic mass is 10.2. The summed E-state index contributed by atoms with van der Waals surface area (Å²) in [7, 11) is 0. The van der Waals surface area contributed by atoms with E-state index >= 15 is 0 Å². The van der Waals surface area contributed by atoms with Crippen molar-refractivity contribution in [2.24, 2.45) is 0 Å². The Morgan fingerprint density at radius 3 is 2.39 bits per heavy atom. The van der Waals surface area contributed by atoms with Crippen molar-refractivity contribution in [2.75, 3.05) is 0 Å². The lowest BCUT2D eigenvalue weighted by Crippen LogP contribution is -2.03. The van der Waals surface area contributed by atoms with Crippen LogP contribution in [0.1, 0.15) is 19.9 Å². The first-order chi connectivity index (χ1) is 8.58. The summed E-state index contributed by atoms with van der Waals surface area (Å²) in [5.74, 6) is 0.963. The van der Waals surface area contributed by atoms with E-state index in [4.69, 9.17) is 0 Å². The molecular formula is C13H14F2N2O. The summed E-state index contributed by atoms with van der Waals surface area (Å²) in [4.78, 5) is 4.27. The zero-order chi connectivity index (χ0) is 13.1. The van der Waals surface area contributed by atoms with Gasteiger partial charge in [-0.2, -0.15) is 8.78 Å². The number of halogens is 2. The number of aromatic nitrogens is 2. The fourth-order valence-electron chi connectivity index (χ4n) is 1.74. The molecule has 0 radical (unpaired) electrons. The predicted octanol–water partition coefficient (Wildman–Crippen LogP) is 3.73. The molecule has 0 unspecified atom stereocenters. The first-order valence-corrected chi connectivity index (χ1v) is 5.66. The molecule has 1 aromatic heterocycles. The molecule has 0 N–H and O–H groups in total. The highest BCUT2D eigenvalue weighted by molar-refractivity contribution is 5.57. The average Bonchev–Trinajstić information content (AvgIpc) is 2.78. The summed E-state index contributed by atoms with van der Waals surface area (Å²) in [6, 6.07) is 6.76. The molecule has 1 aromatic carbocycles. The number of hydrogen-bond donors (Lipinski definition) is 0. The molecule has 0 aliphatic rings. The van der Waals surface area contributed by atoms with Gasteiger partial charge >= 0.3 is 6.61 Å². The maximum absolute atomic E-state index is 12.0. The molecule has 5 heteroatoms. The highest BCUT2D eigenvalue weighted by Gasteiger charge is 2.09. The first kappa shape index (κ1) is 12.5. The van der Waals surface area contributed by atoms with Crippen LogP contribution in [0, 0.1) is 0 Å². The number of benzene rings is 1. The highest BCUT2D eigenvalue weighted by Crippen LogP contribution is 2.24. The second-order valence-corrected chi connectivity index (χ2v) is 4.15. The summed E-state index contributed by atoms with van der Waals surface area (Å²) >= 11 is 0. The molecule has 0 saturated heterocycles. The number of alkyl halides is 2. The molecule has 2 aromatic rings. The zero-order valence-corrected chi connectivity index (χ0v) is 10.2. The lowest BCUT2D eigenvalue weighted by molar-refractivity contribution is -0.0498. The Bertz CT molecular complexity index is 506. The number of rotatable bonds is 4. The van der Waals surface area contributed by atoms with E-state index < -0.39 is 6.61 Å². The molecule has 1 heterocycles. The van der Waals surface area contributed by atoms with Gasteiger partial charge in [-0.05, 0) is 38.1 Å². The van der Waals surface area contributed by atoms with Gasteiger partial charge in [0.25, 0.3) is 0 Å². The van der Waals surface area contributed by atoms with Crippen molar-refractivity contribution in [3.8, 4) is 17.1 Å². The summed E-state index contributed by atoms with van der Waals surface area (Å²) in [5.41, 5.74) is 0.871. The predicted molar refractivity (Wildman–Crippen MR) is 64.7 cm³/mol. The van der Waals surface area contributed by atoms with E-state index in [1.807, 2.05) is 10.8 Å². The molecule has 96 valence electrons. The minimum absolute atomic E-state index is 0.149. The van der Waals surface area contributed by atoms with Crippen LogP contribution in [-0.2, 0) is 0 Å². The van der Waals surface area contributed by atoms with Gasteiger partial charge in [0.15, 0.2) is 0 Å². The quantitative estimate of drug-likeness (QED) is 0.829. The maximum Gasteiger partial charge on any atom is 0.387 e. The molecule has 0 saturated carbocycles. The molecule has 3 nitrogen and oxygen atoms in total. The molecule has 0 atom stereocenters. The third kappa shape index (κ3) is 2.67.